The van der Waals surface area contributed by atoms with E-state index in [2.05, 4.69) is 4.74 Å². The Kier molecular flexibility index (Phi) is 6.18. The number of fused-ring (bicyclic) bond motifs is 1. The van der Waals surface area contributed by atoms with E-state index in [1.54, 1.807) is 23.0 Å². The van der Waals surface area contributed by atoms with Gasteiger partial charge >= 0.3 is 5.97 Å². The van der Waals surface area contributed by atoms with Crippen LogP contribution in [0.1, 0.15) is 18.7 Å². The largest absolute Gasteiger partial charge is 0.469 e. The number of carbonyl (C=O) groups excluding carboxylic acids is 1. The maximum absolute atomic E-state index is 13.2. The zero-order chi connectivity index (χ0) is 18.5. The third kappa shape index (κ3) is 3.87. The van der Waals surface area contributed by atoms with Gasteiger partial charge in [-0.25, -0.2) is 4.98 Å². The standard InChI is InChI=1S/C18H20N2O4S2/c1-23-9-7-14-19-17-16(12(11-26-17)13-5-4-10-25-13)18(22)20(14)8-3-6-15(21)24-2/h4-5,10-11H,3,6-9H2,1-2H3. The summed E-state index contributed by atoms with van der Waals surface area (Å²) in [6, 6.07) is 3.98. The van der Waals surface area contributed by atoms with Gasteiger partial charge in [-0.3, -0.25) is 14.2 Å². The quantitative estimate of drug-likeness (QED) is 0.550. The molecule has 3 heterocycles. The van der Waals surface area contributed by atoms with Crippen molar-refractivity contribution >= 4 is 38.9 Å². The Balaban J connectivity index is 2.03. The van der Waals surface area contributed by atoms with E-state index < -0.39 is 0 Å². The lowest BCUT2D eigenvalue weighted by atomic mass is 10.2. The molecule has 3 aromatic rings. The second kappa shape index (κ2) is 8.57. The van der Waals surface area contributed by atoms with E-state index in [-0.39, 0.29) is 17.9 Å². The van der Waals surface area contributed by atoms with Crippen LogP contribution in [0.2, 0.25) is 0 Å². The van der Waals surface area contributed by atoms with Gasteiger partial charge in [-0.15, -0.1) is 22.7 Å². The lowest BCUT2D eigenvalue weighted by molar-refractivity contribution is -0.140. The fourth-order valence-electron chi connectivity index (χ4n) is 2.78. The van der Waals surface area contributed by atoms with Gasteiger partial charge in [0.1, 0.15) is 10.7 Å². The fraction of sp³-hybridized carbons (Fsp3) is 0.389. The number of ether oxygens (including phenoxy) is 2. The van der Waals surface area contributed by atoms with Gasteiger partial charge < -0.3 is 9.47 Å². The van der Waals surface area contributed by atoms with Gasteiger partial charge in [0.15, 0.2) is 0 Å². The second-order valence-electron chi connectivity index (χ2n) is 5.71. The fourth-order valence-corrected chi connectivity index (χ4v) is 4.55. The van der Waals surface area contributed by atoms with Crippen molar-refractivity contribution in [3.63, 3.8) is 0 Å². The number of thiophene rings is 2. The van der Waals surface area contributed by atoms with E-state index in [9.17, 15) is 9.59 Å². The molecule has 26 heavy (non-hydrogen) atoms. The second-order valence-corrected chi connectivity index (χ2v) is 7.52. The monoisotopic (exact) mass is 392 g/mol. The molecule has 0 atom stereocenters. The molecule has 0 aliphatic rings. The molecule has 0 bridgehead atoms. The van der Waals surface area contributed by atoms with Crippen LogP contribution in [-0.4, -0.2) is 36.3 Å². The lowest BCUT2D eigenvalue weighted by Crippen LogP contribution is -2.26. The highest BCUT2D eigenvalue weighted by molar-refractivity contribution is 7.18. The minimum absolute atomic E-state index is 0.0596. The van der Waals surface area contributed by atoms with Gasteiger partial charge in [-0.2, -0.15) is 0 Å². The number of carbonyl (C=O) groups is 1. The first kappa shape index (κ1) is 18.8. The van der Waals surface area contributed by atoms with Crippen LogP contribution in [0.25, 0.3) is 20.7 Å². The number of hydrogen-bond acceptors (Lipinski definition) is 7. The normalized spacial score (nSPS) is 11.2. The molecule has 0 unspecified atom stereocenters. The number of methoxy groups -OCH3 is 2. The predicted octanol–water partition coefficient (Wildman–Crippen LogP) is 3.33. The van der Waals surface area contributed by atoms with Crippen LogP contribution in [0, 0.1) is 0 Å². The molecule has 0 N–H and O–H groups in total. The summed E-state index contributed by atoms with van der Waals surface area (Å²) >= 11 is 3.08. The van der Waals surface area contributed by atoms with Gasteiger partial charge in [0.05, 0.1) is 19.1 Å². The highest BCUT2D eigenvalue weighted by Gasteiger charge is 2.17. The van der Waals surface area contributed by atoms with Gasteiger partial charge in [0.25, 0.3) is 5.56 Å². The zero-order valence-electron chi connectivity index (χ0n) is 14.7. The zero-order valence-corrected chi connectivity index (χ0v) is 16.3. The Morgan fingerprint density at radius 1 is 1.31 bits per heavy atom. The van der Waals surface area contributed by atoms with Crippen molar-refractivity contribution in [3.8, 4) is 10.4 Å². The summed E-state index contributed by atoms with van der Waals surface area (Å²) in [7, 11) is 2.99. The molecular weight excluding hydrogens is 372 g/mol. The minimum atomic E-state index is -0.277. The molecule has 3 aromatic heterocycles. The van der Waals surface area contributed by atoms with Crippen molar-refractivity contribution in [2.45, 2.75) is 25.8 Å². The number of aromatic nitrogens is 2. The average molecular weight is 393 g/mol. The molecule has 0 aromatic carbocycles. The first-order chi connectivity index (χ1) is 12.7. The van der Waals surface area contributed by atoms with Crippen molar-refractivity contribution < 1.29 is 14.3 Å². The van der Waals surface area contributed by atoms with Crippen LogP contribution in [0.4, 0.5) is 0 Å². The van der Waals surface area contributed by atoms with Gasteiger partial charge in [0.2, 0.25) is 0 Å². The molecule has 0 amide bonds. The van der Waals surface area contributed by atoms with Crippen molar-refractivity contribution in [1.82, 2.24) is 9.55 Å². The minimum Gasteiger partial charge on any atom is -0.469 e. The molecule has 0 saturated heterocycles. The molecule has 0 fully saturated rings. The van der Waals surface area contributed by atoms with E-state index in [0.717, 1.165) is 15.3 Å². The molecule has 0 radical (unpaired) electrons. The predicted molar refractivity (Wildman–Crippen MR) is 104 cm³/mol. The van der Waals surface area contributed by atoms with E-state index in [1.807, 2.05) is 22.9 Å². The van der Waals surface area contributed by atoms with Crippen LogP contribution < -0.4 is 5.56 Å². The molecule has 0 saturated carbocycles. The number of esters is 1. The van der Waals surface area contributed by atoms with Crippen LogP contribution in [-0.2, 0) is 27.2 Å². The van der Waals surface area contributed by atoms with Crippen LogP contribution >= 0.6 is 22.7 Å². The summed E-state index contributed by atoms with van der Waals surface area (Å²) in [6.07, 6.45) is 1.34. The van der Waals surface area contributed by atoms with Crippen LogP contribution in [0.3, 0.4) is 0 Å². The molecule has 0 spiro atoms. The molecule has 3 rings (SSSR count). The van der Waals surface area contributed by atoms with Gasteiger partial charge in [-0.1, -0.05) is 6.07 Å². The molecule has 0 aliphatic carbocycles. The Bertz CT molecular complexity index is 944. The maximum atomic E-state index is 13.2. The van der Waals surface area contributed by atoms with E-state index >= 15 is 0 Å². The van der Waals surface area contributed by atoms with Crippen molar-refractivity contribution in [3.05, 3.63) is 39.1 Å². The maximum Gasteiger partial charge on any atom is 0.305 e. The topological polar surface area (TPSA) is 70.4 Å². The van der Waals surface area contributed by atoms with Gasteiger partial charge in [-0.05, 0) is 17.9 Å². The third-order valence-corrected chi connectivity index (χ3v) is 5.85. The molecular formula is C18H20N2O4S2. The first-order valence-corrected chi connectivity index (χ1v) is 10.0. The third-order valence-electron chi connectivity index (χ3n) is 4.08. The first-order valence-electron chi connectivity index (χ1n) is 8.26. The summed E-state index contributed by atoms with van der Waals surface area (Å²) in [4.78, 5) is 31.1. The average Bonchev–Trinajstić information content (AvgIpc) is 3.30. The van der Waals surface area contributed by atoms with Crippen LogP contribution in [0.15, 0.2) is 27.7 Å². The summed E-state index contributed by atoms with van der Waals surface area (Å²) in [6.45, 7) is 0.910. The smallest absolute Gasteiger partial charge is 0.305 e. The van der Waals surface area contributed by atoms with E-state index in [4.69, 9.17) is 9.72 Å². The Labute approximate surface area is 159 Å². The molecule has 8 heteroatoms. The highest BCUT2D eigenvalue weighted by Crippen LogP contribution is 2.33. The summed E-state index contributed by atoms with van der Waals surface area (Å²) in [5.74, 6) is 0.411. The summed E-state index contributed by atoms with van der Waals surface area (Å²) in [5, 5.41) is 4.63. The van der Waals surface area contributed by atoms with Crippen molar-refractivity contribution in [2.24, 2.45) is 0 Å². The SMILES string of the molecule is COCCc1nc2scc(-c3cccs3)c2c(=O)n1CCCC(=O)OC. The molecule has 0 aliphatic heterocycles. The summed E-state index contributed by atoms with van der Waals surface area (Å²) < 4.78 is 11.5. The number of nitrogens with zero attached hydrogens (tertiary/aromatic N) is 2. The molecule has 6 nitrogen and oxygen atoms in total. The van der Waals surface area contributed by atoms with Crippen molar-refractivity contribution in [1.29, 1.82) is 0 Å². The lowest BCUT2D eigenvalue weighted by Gasteiger charge is -2.12. The van der Waals surface area contributed by atoms with Crippen molar-refractivity contribution in [2.75, 3.05) is 20.8 Å². The Morgan fingerprint density at radius 3 is 2.85 bits per heavy atom. The van der Waals surface area contributed by atoms with E-state index in [0.29, 0.717) is 37.2 Å². The van der Waals surface area contributed by atoms with Crippen LogP contribution in [0.5, 0.6) is 0 Å². The Morgan fingerprint density at radius 2 is 2.15 bits per heavy atom. The number of rotatable bonds is 8. The molecule has 138 valence electrons. The van der Waals surface area contributed by atoms with Gasteiger partial charge in [0, 0.05) is 42.3 Å². The summed E-state index contributed by atoms with van der Waals surface area (Å²) in [5.41, 5.74) is 0.869. The highest BCUT2D eigenvalue weighted by atomic mass is 32.1. The number of hydrogen-bond donors (Lipinski definition) is 0. The Hall–Kier alpha value is -2.03. The van der Waals surface area contributed by atoms with E-state index in [1.165, 1.54) is 18.4 Å².